The molecule has 2 fully saturated rings. The Balaban J connectivity index is 1.60. The van der Waals surface area contributed by atoms with Gasteiger partial charge in [0.05, 0.1) is 11.1 Å². The van der Waals surface area contributed by atoms with Crippen LogP contribution in [0.5, 0.6) is 0 Å². The monoisotopic (exact) mass is 309 g/mol. The van der Waals surface area contributed by atoms with Crippen LogP contribution < -0.4 is 11.1 Å². The van der Waals surface area contributed by atoms with Crippen LogP contribution in [0, 0.1) is 18.3 Å². The van der Waals surface area contributed by atoms with Crippen molar-refractivity contribution in [3.63, 3.8) is 0 Å². The largest absolute Gasteiger partial charge is 0.377 e. The zero-order valence-corrected chi connectivity index (χ0v) is 13.6. The number of hydrogen-bond donors (Lipinski definition) is 2. The van der Waals surface area contributed by atoms with E-state index in [-0.39, 0.29) is 23.3 Å². The molecule has 1 saturated carbocycles. The Bertz CT molecular complexity index is 557. The third-order valence-electron chi connectivity index (χ3n) is 5.12. The minimum atomic E-state index is -0.813. The first-order chi connectivity index (χ1) is 9.87. The zero-order valence-electron chi connectivity index (χ0n) is 12.8. The van der Waals surface area contributed by atoms with Crippen LogP contribution in [-0.4, -0.2) is 35.7 Å². The minimum Gasteiger partial charge on any atom is -0.377 e. The van der Waals surface area contributed by atoms with Crippen LogP contribution >= 0.6 is 11.3 Å². The fourth-order valence-corrected chi connectivity index (χ4v) is 4.57. The lowest BCUT2D eigenvalue weighted by molar-refractivity contribution is -0.175. The van der Waals surface area contributed by atoms with E-state index in [9.17, 15) is 4.79 Å². The number of hydrogen-bond acceptors (Lipinski definition) is 5. The molecule has 1 amide bonds. The molecule has 3 unspecified atom stereocenters. The highest BCUT2D eigenvalue weighted by atomic mass is 32.1. The second-order valence-corrected chi connectivity index (χ2v) is 7.61. The molecule has 0 aromatic carbocycles. The van der Waals surface area contributed by atoms with Gasteiger partial charge in [-0.3, -0.25) is 4.79 Å². The maximum Gasteiger partial charge on any atom is 0.241 e. The zero-order chi connectivity index (χ0) is 15.3. The summed E-state index contributed by atoms with van der Waals surface area (Å²) in [4.78, 5) is 17.0. The summed E-state index contributed by atoms with van der Waals surface area (Å²) in [5.74, 6) is 0.0992. The molecule has 2 heterocycles. The van der Waals surface area contributed by atoms with Gasteiger partial charge in [-0.05, 0) is 13.3 Å². The molecule has 6 heteroatoms. The number of carbonyl (C=O) groups excluding carboxylic acids is 1. The number of nitrogens with two attached hydrogens (primary N) is 1. The first-order valence-corrected chi connectivity index (χ1v) is 8.35. The van der Waals surface area contributed by atoms with Crippen LogP contribution in [0.15, 0.2) is 5.38 Å². The van der Waals surface area contributed by atoms with Crippen molar-refractivity contribution >= 4 is 17.2 Å². The smallest absolute Gasteiger partial charge is 0.241 e. The van der Waals surface area contributed by atoms with Crippen molar-refractivity contribution in [1.29, 1.82) is 0 Å². The molecule has 1 aliphatic heterocycles. The molecule has 1 saturated heterocycles. The van der Waals surface area contributed by atoms with Crippen molar-refractivity contribution in [3.05, 3.63) is 16.1 Å². The van der Waals surface area contributed by atoms with Gasteiger partial charge in [0.2, 0.25) is 5.91 Å². The maximum atomic E-state index is 12.6. The highest BCUT2D eigenvalue weighted by Crippen LogP contribution is 2.58. The molecule has 116 valence electrons. The molecule has 21 heavy (non-hydrogen) atoms. The molecule has 3 rings (SSSR count). The lowest BCUT2D eigenvalue weighted by atomic mass is 9.48. The van der Waals surface area contributed by atoms with E-state index in [1.807, 2.05) is 26.2 Å². The third kappa shape index (κ3) is 2.12. The summed E-state index contributed by atoms with van der Waals surface area (Å²) >= 11 is 1.63. The van der Waals surface area contributed by atoms with E-state index in [0.29, 0.717) is 13.2 Å². The van der Waals surface area contributed by atoms with E-state index in [1.54, 1.807) is 11.3 Å². The Hall–Kier alpha value is -0.980. The molecule has 2 aliphatic rings. The second kappa shape index (κ2) is 5.04. The van der Waals surface area contributed by atoms with Gasteiger partial charge in [-0.15, -0.1) is 11.3 Å². The third-order valence-corrected chi connectivity index (χ3v) is 6.15. The Labute approximate surface area is 129 Å². The van der Waals surface area contributed by atoms with Gasteiger partial charge in [0.1, 0.15) is 5.54 Å². The molecular weight excluding hydrogens is 286 g/mol. The molecule has 0 radical (unpaired) electrons. The molecular formula is C15H23N3O2S. The highest BCUT2D eigenvalue weighted by Gasteiger charge is 2.71. The van der Waals surface area contributed by atoms with Crippen LogP contribution in [0.25, 0.3) is 0 Å². The van der Waals surface area contributed by atoms with E-state index in [2.05, 4.69) is 10.3 Å². The van der Waals surface area contributed by atoms with Crippen LogP contribution in [-0.2, 0) is 16.0 Å². The van der Waals surface area contributed by atoms with Gasteiger partial charge in [0, 0.05) is 42.0 Å². The van der Waals surface area contributed by atoms with Crippen molar-refractivity contribution in [3.8, 4) is 0 Å². The van der Waals surface area contributed by atoms with Gasteiger partial charge < -0.3 is 15.8 Å². The molecule has 1 aliphatic carbocycles. The SMILES string of the molecule is Cc1csc(CCNC(=O)C2(N)C3CCOC3C2(C)C)n1. The van der Waals surface area contributed by atoms with Crippen molar-refractivity contribution in [1.82, 2.24) is 10.3 Å². The Kier molecular flexibility index (Phi) is 3.58. The number of fused-ring (bicyclic) bond motifs is 1. The molecule has 1 aromatic heterocycles. The van der Waals surface area contributed by atoms with Crippen LogP contribution in [0.2, 0.25) is 0 Å². The van der Waals surface area contributed by atoms with Gasteiger partial charge in [-0.1, -0.05) is 13.8 Å². The molecule has 0 bridgehead atoms. The summed E-state index contributed by atoms with van der Waals surface area (Å²) in [7, 11) is 0. The first kappa shape index (κ1) is 14.9. The fourth-order valence-electron chi connectivity index (χ4n) is 3.79. The summed E-state index contributed by atoms with van der Waals surface area (Å²) in [6, 6.07) is 0. The molecule has 5 nitrogen and oxygen atoms in total. The van der Waals surface area contributed by atoms with Gasteiger partial charge >= 0.3 is 0 Å². The number of thiazole rings is 1. The van der Waals surface area contributed by atoms with Crippen molar-refractivity contribution in [2.45, 2.75) is 45.3 Å². The van der Waals surface area contributed by atoms with Crippen molar-refractivity contribution in [2.24, 2.45) is 17.1 Å². The highest BCUT2D eigenvalue weighted by molar-refractivity contribution is 7.09. The summed E-state index contributed by atoms with van der Waals surface area (Å²) in [6.07, 6.45) is 1.75. The van der Waals surface area contributed by atoms with Gasteiger partial charge in [-0.2, -0.15) is 0 Å². The fraction of sp³-hybridized carbons (Fsp3) is 0.733. The molecule has 3 atom stereocenters. The maximum absolute atomic E-state index is 12.6. The Morgan fingerprint density at radius 1 is 1.62 bits per heavy atom. The minimum absolute atomic E-state index is 0.0486. The summed E-state index contributed by atoms with van der Waals surface area (Å²) in [5.41, 5.74) is 6.40. The Morgan fingerprint density at radius 2 is 2.38 bits per heavy atom. The standard InChI is InChI=1S/C15H23N3O2S/c1-9-8-21-11(18-9)4-6-17-13(19)15(16)10-5-7-20-12(10)14(15,2)3/h8,10,12H,4-7,16H2,1-3H3,(H,17,19). The van der Waals surface area contributed by atoms with Crippen molar-refractivity contribution < 1.29 is 9.53 Å². The van der Waals surface area contributed by atoms with E-state index in [1.165, 1.54) is 0 Å². The van der Waals surface area contributed by atoms with E-state index in [4.69, 9.17) is 10.5 Å². The predicted molar refractivity (Wildman–Crippen MR) is 82.1 cm³/mol. The van der Waals surface area contributed by atoms with Crippen molar-refractivity contribution in [2.75, 3.05) is 13.2 Å². The van der Waals surface area contributed by atoms with Gasteiger partial charge in [-0.25, -0.2) is 4.98 Å². The number of nitrogens with zero attached hydrogens (tertiary/aromatic N) is 1. The predicted octanol–water partition coefficient (Wildman–Crippen LogP) is 1.25. The van der Waals surface area contributed by atoms with E-state index < -0.39 is 5.54 Å². The lowest BCUT2D eigenvalue weighted by Gasteiger charge is -2.60. The van der Waals surface area contributed by atoms with Crippen LogP contribution in [0.1, 0.15) is 31.0 Å². The normalized spacial score (nSPS) is 33.3. The molecule has 0 spiro atoms. The first-order valence-electron chi connectivity index (χ1n) is 7.47. The number of ether oxygens (including phenoxy) is 1. The Morgan fingerprint density at radius 3 is 3.05 bits per heavy atom. The van der Waals surface area contributed by atoms with Gasteiger partial charge in [0.25, 0.3) is 0 Å². The van der Waals surface area contributed by atoms with E-state index >= 15 is 0 Å². The van der Waals surface area contributed by atoms with Crippen LogP contribution in [0.4, 0.5) is 0 Å². The average Bonchev–Trinajstić information content (AvgIpc) is 3.05. The van der Waals surface area contributed by atoms with Crippen LogP contribution in [0.3, 0.4) is 0 Å². The summed E-state index contributed by atoms with van der Waals surface area (Å²) in [5, 5.41) is 6.07. The van der Waals surface area contributed by atoms with Gasteiger partial charge in [0.15, 0.2) is 0 Å². The van der Waals surface area contributed by atoms with E-state index in [0.717, 1.165) is 23.5 Å². The second-order valence-electron chi connectivity index (χ2n) is 6.67. The number of aromatic nitrogens is 1. The summed E-state index contributed by atoms with van der Waals surface area (Å²) < 4.78 is 5.72. The summed E-state index contributed by atoms with van der Waals surface area (Å²) in [6.45, 7) is 7.33. The average molecular weight is 309 g/mol. The number of carbonyl (C=O) groups is 1. The number of amides is 1. The number of nitrogens with one attached hydrogen (secondary N) is 1. The number of aryl methyl sites for hydroxylation is 1. The lowest BCUT2D eigenvalue weighted by Crippen LogP contribution is -2.80. The topological polar surface area (TPSA) is 77.2 Å². The molecule has 3 N–H and O–H groups in total. The quantitative estimate of drug-likeness (QED) is 0.877. The molecule has 1 aromatic rings. The number of rotatable bonds is 4.